The second-order valence-corrected chi connectivity index (χ2v) is 8.56. The van der Waals surface area contributed by atoms with Gasteiger partial charge in [0.25, 0.3) is 0 Å². The van der Waals surface area contributed by atoms with E-state index in [1.165, 1.54) is 0 Å². The number of carbonyl (C=O) groups is 1. The molecule has 5 nitrogen and oxygen atoms in total. The molecule has 0 aliphatic carbocycles. The number of halogens is 21. The Morgan fingerprint density at radius 1 is 0.610 bits per heavy atom. The zero-order valence-corrected chi connectivity index (χ0v) is 19.0. The second-order valence-electron chi connectivity index (χ2n) is 7.19. The summed E-state index contributed by atoms with van der Waals surface area (Å²) < 4.78 is 304. The van der Waals surface area contributed by atoms with Gasteiger partial charge in [-0.15, -0.1) is 4.31 Å². The van der Waals surface area contributed by atoms with E-state index < -0.39 is 93.3 Å². The maximum absolute atomic E-state index is 14.9. The third kappa shape index (κ3) is 5.02. The van der Waals surface area contributed by atoms with Crippen LogP contribution in [0.25, 0.3) is 0 Å². The standard InChI is InChI=1S/C14H6F21NO4S/c1-3-4(37)40-14(33,34)12(29,36(2)41(35,38)39)10(25,26)8(21,22)6(17,18)5(15,16)7(19,20)9(23,24)11(27,28)13(30,31)32/h3H,1H2,2H3. The summed E-state index contributed by atoms with van der Waals surface area (Å²) in [4.78, 5) is 10.8. The number of nitrogens with zero attached hydrogens (tertiary/aromatic N) is 1. The molecule has 41 heavy (non-hydrogen) atoms. The van der Waals surface area contributed by atoms with E-state index >= 15 is 0 Å². The fourth-order valence-corrected chi connectivity index (χ4v) is 2.84. The van der Waals surface area contributed by atoms with Gasteiger partial charge in [-0.25, -0.2) is 9.18 Å². The number of hydrogen-bond donors (Lipinski definition) is 0. The van der Waals surface area contributed by atoms with Crippen LogP contribution in [0.3, 0.4) is 0 Å². The molecule has 0 aromatic carbocycles. The summed E-state index contributed by atoms with van der Waals surface area (Å²) in [6.07, 6.45) is -16.3. The minimum absolute atomic E-state index is 0.652. The van der Waals surface area contributed by atoms with Crippen LogP contribution in [0.5, 0.6) is 0 Å². The first-order valence-corrected chi connectivity index (χ1v) is 10.0. The molecule has 0 saturated heterocycles. The minimum atomic E-state index is -9.39. The average Bonchev–Trinajstić information content (AvgIpc) is 2.74. The first kappa shape index (κ1) is 38.6. The van der Waals surface area contributed by atoms with Gasteiger partial charge < -0.3 is 4.74 Å². The van der Waals surface area contributed by atoms with Gasteiger partial charge in [0.05, 0.1) is 0 Å². The van der Waals surface area contributed by atoms with E-state index in [1.807, 2.05) is 0 Å². The number of alkyl halides is 20. The van der Waals surface area contributed by atoms with Gasteiger partial charge in [0.15, 0.2) is 0 Å². The Balaban J connectivity index is 7.72. The molecular weight excluding hydrogens is 677 g/mol. The van der Waals surface area contributed by atoms with Crippen molar-refractivity contribution in [1.82, 2.24) is 4.31 Å². The van der Waals surface area contributed by atoms with Gasteiger partial charge in [-0.1, -0.05) is 10.5 Å². The fourth-order valence-electron chi connectivity index (χ4n) is 2.32. The quantitative estimate of drug-likeness (QED) is 0.0818. The van der Waals surface area contributed by atoms with Gasteiger partial charge in [-0.2, -0.15) is 91.8 Å². The molecule has 1 unspecified atom stereocenters. The summed E-state index contributed by atoms with van der Waals surface area (Å²) in [5.74, 6) is -74.8. The lowest BCUT2D eigenvalue weighted by molar-refractivity contribution is -0.478. The van der Waals surface area contributed by atoms with Crippen LogP contribution in [0, 0.1) is 0 Å². The molecule has 0 aromatic rings. The molecule has 0 fully saturated rings. The molecule has 1 atom stereocenters. The van der Waals surface area contributed by atoms with Crippen LogP contribution in [0.2, 0.25) is 0 Å². The largest absolute Gasteiger partial charge is 0.460 e. The Morgan fingerprint density at radius 3 is 1.12 bits per heavy atom. The molecule has 0 amide bonds. The molecule has 0 heterocycles. The van der Waals surface area contributed by atoms with Crippen LogP contribution >= 0.6 is 0 Å². The highest BCUT2D eigenvalue weighted by atomic mass is 32.3. The second kappa shape index (κ2) is 9.85. The van der Waals surface area contributed by atoms with Crippen molar-refractivity contribution in [2.75, 3.05) is 7.05 Å². The Hall–Kier alpha value is -2.35. The number of ether oxygens (including phenoxy) is 1. The Morgan fingerprint density at radius 2 is 0.878 bits per heavy atom. The lowest BCUT2D eigenvalue weighted by Crippen LogP contribution is -2.79. The summed E-state index contributed by atoms with van der Waals surface area (Å²) in [7, 11) is -9.14. The third-order valence-corrected chi connectivity index (χ3v) is 5.59. The van der Waals surface area contributed by atoms with E-state index in [0.29, 0.717) is 0 Å². The van der Waals surface area contributed by atoms with E-state index in [9.17, 15) is 105 Å². The molecule has 0 radical (unpaired) electrons. The van der Waals surface area contributed by atoms with Crippen molar-refractivity contribution >= 4 is 16.4 Å². The first-order valence-electron chi connectivity index (χ1n) is 8.68. The maximum atomic E-state index is 14.9. The van der Waals surface area contributed by atoms with Gasteiger partial charge >= 0.3 is 75.9 Å². The Bertz CT molecular complexity index is 1130. The molecule has 244 valence electrons. The summed E-state index contributed by atoms with van der Waals surface area (Å²) in [6, 6.07) is 0. The van der Waals surface area contributed by atoms with Crippen molar-refractivity contribution in [2.24, 2.45) is 0 Å². The van der Waals surface area contributed by atoms with E-state index in [1.54, 1.807) is 0 Å². The summed E-state index contributed by atoms with van der Waals surface area (Å²) >= 11 is 0. The SMILES string of the molecule is C=CC(=O)OC(F)(F)C(F)(N(C)S(=O)(=O)F)C(F)(F)C(F)(F)C(F)(F)C(F)(F)C(F)(F)C(F)(F)C(F)(F)C(F)(F)F. The number of carbonyl (C=O) groups excluding carboxylic acids is 1. The zero-order valence-electron chi connectivity index (χ0n) is 18.2. The molecule has 0 rings (SSSR count). The topological polar surface area (TPSA) is 63.7 Å². The summed E-state index contributed by atoms with van der Waals surface area (Å²) in [6.45, 7) is 2.20. The van der Waals surface area contributed by atoms with Crippen LogP contribution in [-0.2, 0) is 19.9 Å². The van der Waals surface area contributed by atoms with Crippen LogP contribution in [0.4, 0.5) is 91.7 Å². The van der Waals surface area contributed by atoms with Crippen molar-refractivity contribution < 1.29 is 110 Å². The van der Waals surface area contributed by atoms with Crippen LogP contribution in [-0.4, -0.2) is 85.3 Å². The maximum Gasteiger partial charge on any atom is 0.460 e. The average molecular weight is 683 g/mol. The first-order chi connectivity index (χ1) is 17.4. The predicted octanol–water partition coefficient (Wildman–Crippen LogP) is 6.13. The normalized spacial score (nSPS) is 17.3. The molecule has 0 aromatic heterocycles. The van der Waals surface area contributed by atoms with Crippen molar-refractivity contribution in [1.29, 1.82) is 0 Å². The zero-order chi connectivity index (χ0) is 34.1. The number of rotatable bonds is 12. The smallest absolute Gasteiger partial charge is 0.394 e. The number of likely N-dealkylation sites (N-methyl/N-ethyl adjacent to an activating group) is 1. The van der Waals surface area contributed by atoms with Gasteiger partial charge in [0.2, 0.25) is 0 Å². The monoisotopic (exact) mass is 683 g/mol. The third-order valence-electron chi connectivity index (χ3n) is 4.68. The highest BCUT2D eigenvalue weighted by Gasteiger charge is 2.98. The lowest BCUT2D eigenvalue weighted by atomic mass is 9.86. The molecular formula is C14H6F21NO4S. The molecule has 0 aliphatic rings. The van der Waals surface area contributed by atoms with Crippen molar-refractivity contribution in [3.05, 3.63) is 12.7 Å². The summed E-state index contributed by atoms with van der Waals surface area (Å²) in [5, 5.41) is 0. The van der Waals surface area contributed by atoms with Gasteiger partial charge in [-0.05, 0) is 0 Å². The molecule has 0 N–H and O–H groups in total. The van der Waals surface area contributed by atoms with E-state index in [0.717, 1.165) is 0 Å². The van der Waals surface area contributed by atoms with Crippen molar-refractivity contribution in [3.8, 4) is 0 Å². The minimum Gasteiger partial charge on any atom is -0.394 e. The molecule has 0 aliphatic heterocycles. The van der Waals surface area contributed by atoms with Gasteiger partial charge in [0.1, 0.15) is 0 Å². The highest BCUT2D eigenvalue weighted by Crippen LogP contribution is 2.66. The fraction of sp³-hybridized carbons (Fsp3) is 0.786. The van der Waals surface area contributed by atoms with E-state index in [4.69, 9.17) is 0 Å². The van der Waals surface area contributed by atoms with Crippen molar-refractivity contribution in [3.63, 3.8) is 0 Å². The Kier molecular flexibility index (Phi) is 9.29. The van der Waals surface area contributed by atoms with Gasteiger partial charge in [-0.3, -0.25) is 0 Å². The Labute approximate surface area is 210 Å². The van der Waals surface area contributed by atoms with Gasteiger partial charge in [0, 0.05) is 13.1 Å². The number of esters is 1. The summed E-state index contributed by atoms with van der Waals surface area (Å²) in [5.41, 5.74) is 0. The molecule has 0 bridgehead atoms. The molecule has 0 spiro atoms. The van der Waals surface area contributed by atoms with E-state index in [-0.39, 0.29) is 0 Å². The van der Waals surface area contributed by atoms with Crippen molar-refractivity contribution in [2.45, 2.75) is 59.5 Å². The van der Waals surface area contributed by atoms with E-state index in [2.05, 4.69) is 11.3 Å². The predicted molar refractivity (Wildman–Crippen MR) is 83.5 cm³/mol. The highest BCUT2D eigenvalue weighted by molar-refractivity contribution is 7.84. The lowest BCUT2D eigenvalue weighted by Gasteiger charge is -2.47. The molecule has 27 heteroatoms. The van der Waals surface area contributed by atoms with Crippen LogP contribution < -0.4 is 0 Å². The van der Waals surface area contributed by atoms with Crippen LogP contribution in [0.15, 0.2) is 12.7 Å². The molecule has 0 saturated carbocycles. The number of hydrogen-bond acceptors (Lipinski definition) is 4. The van der Waals surface area contributed by atoms with Crippen LogP contribution in [0.1, 0.15) is 0 Å².